The van der Waals surface area contributed by atoms with Crippen LogP contribution in [0.25, 0.3) is 0 Å². The van der Waals surface area contributed by atoms with E-state index in [1.807, 2.05) is 65.8 Å². The van der Waals surface area contributed by atoms with Crippen molar-refractivity contribution in [3.05, 3.63) is 83.1 Å². The molecule has 53 heavy (non-hydrogen) atoms. The highest BCUT2D eigenvalue weighted by Crippen LogP contribution is 2.26. The molecule has 10 atom stereocenters. The lowest BCUT2D eigenvalue weighted by atomic mass is 9.90. The normalized spacial score (nSPS) is 25.1. The van der Waals surface area contributed by atoms with E-state index in [9.17, 15) is 30.0 Å². The summed E-state index contributed by atoms with van der Waals surface area (Å²) in [5, 5.41) is 39.9. The van der Waals surface area contributed by atoms with Crippen LogP contribution < -0.4 is 5.90 Å². The Morgan fingerprint density at radius 2 is 1.60 bits per heavy atom. The van der Waals surface area contributed by atoms with Crippen LogP contribution in [0.5, 0.6) is 0 Å². The van der Waals surface area contributed by atoms with Crippen molar-refractivity contribution in [2.45, 2.75) is 156 Å². The van der Waals surface area contributed by atoms with Gasteiger partial charge in [0.25, 0.3) is 0 Å². The van der Waals surface area contributed by atoms with Crippen molar-refractivity contribution in [1.82, 2.24) is 0 Å². The Kier molecular flexibility index (Phi) is 23.3. The molecule has 10 unspecified atom stereocenters. The number of aliphatic hydroxyl groups is 4. The molecule has 1 heterocycles. The maximum Gasteiger partial charge on any atom is 0.331 e. The van der Waals surface area contributed by atoms with Gasteiger partial charge in [0.1, 0.15) is 12.2 Å². The van der Waals surface area contributed by atoms with E-state index >= 15 is 0 Å². The molecule has 0 amide bonds. The lowest BCUT2D eigenvalue weighted by Crippen LogP contribution is -2.27. The maximum absolute atomic E-state index is 12.9. The third-order valence-electron chi connectivity index (χ3n) is 9.40. The largest absolute Gasteiger partial charge is 0.462 e. The summed E-state index contributed by atoms with van der Waals surface area (Å²) >= 11 is 0. The standard InChI is InChI=1S/C43H69NO9/c1-28(14-12-15-29(2)25-38(47)39(48)26-35(8)45)22-30(3)20-21-43(50)51-40-18-13-19-42(49)52-41(17-11-10-16-32(40)5)34(7)24-31(4)23-33(6)37(46)27-36(9)53-44/h10-12,14-15,20-23,25,32-41,45-48H,13,16-19,24,26-27,44H2,1-9H3/b11-10+,15-12+,21-20+,28-14+,29-25+,30-22+,31-23+. The number of rotatable bonds is 18. The fourth-order valence-corrected chi connectivity index (χ4v) is 6.22. The third-order valence-corrected chi connectivity index (χ3v) is 9.40. The van der Waals surface area contributed by atoms with Crippen LogP contribution in [0.1, 0.15) is 114 Å². The van der Waals surface area contributed by atoms with E-state index in [1.165, 1.54) is 6.08 Å². The third kappa shape index (κ3) is 21.4. The van der Waals surface area contributed by atoms with Crippen molar-refractivity contribution in [2.75, 3.05) is 0 Å². The number of cyclic esters (lactones) is 1. The summed E-state index contributed by atoms with van der Waals surface area (Å²) in [6.07, 6.45) is 18.1. The molecular formula is C43H69NO9. The van der Waals surface area contributed by atoms with Crippen molar-refractivity contribution in [3.8, 4) is 0 Å². The zero-order chi connectivity index (χ0) is 40.1. The Balaban J connectivity index is 2.79. The molecule has 1 rings (SSSR count). The first-order valence-corrected chi connectivity index (χ1v) is 19.1. The van der Waals surface area contributed by atoms with Gasteiger partial charge in [-0.25, -0.2) is 10.7 Å². The highest BCUT2D eigenvalue weighted by Gasteiger charge is 2.25. The summed E-state index contributed by atoms with van der Waals surface area (Å²) in [6.45, 7) is 17.2. The second-order valence-electron chi connectivity index (χ2n) is 15.2. The summed E-state index contributed by atoms with van der Waals surface area (Å²) in [5.41, 5.74) is 3.70. The molecule has 0 bridgehead atoms. The minimum absolute atomic E-state index is 0.0640. The molecule has 0 radical (unpaired) electrons. The number of esters is 2. The molecule has 0 saturated heterocycles. The fourth-order valence-electron chi connectivity index (χ4n) is 6.22. The molecule has 0 aromatic carbocycles. The van der Waals surface area contributed by atoms with E-state index in [2.05, 4.69) is 32.1 Å². The summed E-state index contributed by atoms with van der Waals surface area (Å²) < 4.78 is 11.8. The molecule has 6 N–H and O–H groups in total. The van der Waals surface area contributed by atoms with Gasteiger partial charge in [0.05, 0.1) is 30.5 Å². The van der Waals surface area contributed by atoms with Gasteiger partial charge in [0.15, 0.2) is 0 Å². The van der Waals surface area contributed by atoms with Crippen LogP contribution in [0, 0.1) is 17.8 Å². The number of aliphatic hydroxyl groups excluding tert-OH is 4. The first kappa shape index (κ1) is 47.9. The van der Waals surface area contributed by atoms with Gasteiger partial charge >= 0.3 is 11.9 Å². The minimum atomic E-state index is -1.07. The molecule has 10 nitrogen and oxygen atoms in total. The predicted molar refractivity (Wildman–Crippen MR) is 211 cm³/mol. The van der Waals surface area contributed by atoms with Crippen LogP contribution in [0.3, 0.4) is 0 Å². The molecule has 10 heteroatoms. The summed E-state index contributed by atoms with van der Waals surface area (Å²) in [4.78, 5) is 30.5. The van der Waals surface area contributed by atoms with E-state index < -0.39 is 30.4 Å². The van der Waals surface area contributed by atoms with Crippen LogP contribution in [0.2, 0.25) is 0 Å². The van der Waals surface area contributed by atoms with Crippen LogP contribution >= 0.6 is 0 Å². The molecule has 300 valence electrons. The molecule has 0 saturated carbocycles. The van der Waals surface area contributed by atoms with Gasteiger partial charge in [-0.1, -0.05) is 97.7 Å². The highest BCUT2D eigenvalue weighted by molar-refractivity contribution is 5.82. The van der Waals surface area contributed by atoms with Crippen molar-refractivity contribution < 1.29 is 44.3 Å². The Bertz CT molecular complexity index is 1320. The van der Waals surface area contributed by atoms with E-state index in [-0.39, 0.29) is 54.9 Å². The number of allylic oxidation sites excluding steroid dienone is 10. The van der Waals surface area contributed by atoms with Gasteiger partial charge in [-0.05, 0) is 79.1 Å². The average molecular weight is 744 g/mol. The van der Waals surface area contributed by atoms with Crippen molar-refractivity contribution >= 4 is 11.9 Å². The van der Waals surface area contributed by atoms with Gasteiger partial charge < -0.3 is 34.7 Å². The van der Waals surface area contributed by atoms with Crippen molar-refractivity contribution in [2.24, 2.45) is 23.7 Å². The van der Waals surface area contributed by atoms with Crippen LogP contribution in [0.4, 0.5) is 0 Å². The predicted octanol–water partition coefficient (Wildman–Crippen LogP) is 7.05. The molecule has 0 spiro atoms. The highest BCUT2D eigenvalue weighted by atomic mass is 16.6. The van der Waals surface area contributed by atoms with Gasteiger partial charge in [-0.15, -0.1) is 0 Å². The summed E-state index contributed by atoms with van der Waals surface area (Å²) in [7, 11) is 0. The Morgan fingerprint density at radius 1 is 0.925 bits per heavy atom. The maximum atomic E-state index is 12.9. The SMILES string of the molecule is CC(=C\C=C\C(C)=C\C(O)C(O)CC(C)O)/C=C(C)/C=C/C(=O)OC1CCCC(=O)OC(C(C)C/C(C)=C/C(C)C(O)CC(C)ON)C/C=C/CC1C. The number of carbonyl (C=O) groups is 2. The topological polar surface area (TPSA) is 169 Å². The van der Waals surface area contributed by atoms with Gasteiger partial charge in [0, 0.05) is 37.7 Å². The molecular weight excluding hydrogens is 674 g/mol. The first-order valence-electron chi connectivity index (χ1n) is 19.1. The lowest BCUT2D eigenvalue weighted by molar-refractivity contribution is -0.151. The van der Waals surface area contributed by atoms with E-state index in [0.717, 1.165) is 35.1 Å². The smallest absolute Gasteiger partial charge is 0.331 e. The molecule has 1 aliphatic heterocycles. The van der Waals surface area contributed by atoms with Crippen LogP contribution in [-0.4, -0.2) is 75.1 Å². The monoisotopic (exact) mass is 743 g/mol. The Morgan fingerprint density at radius 3 is 2.26 bits per heavy atom. The lowest BCUT2D eigenvalue weighted by Gasteiger charge is -2.26. The number of hydrogen-bond donors (Lipinski definition) is 5. The van der Waals surface area contributed by atoms with Gasteiger partial charge in [-0.2, -0.15) is 0 Å². The van der Waals surface area contributed by atoms with E-state index in [1.54, 1.807) is 19.1 Å². The minimum Gasteiger partial charge on any atom is -0.462 e. The molecule has 0 fully saturated rings. The number of carbonyl (C=O) groups excluding carboxylic acids is 2. The second-order valence-corrected chi connectivity index (χ2v) is 15.2. The molecule has 0 aliphatic carbocycles. The fraction of sp³-hybridized carbons (Fsp3) is 0.628. The number of ether oxygens (including phenoxy) is 2. The van der Waals surface area contributed by atoms with Gasteiger partial charge in [-0.3, -0.25) is 4.79 Å². The Labute approximate surface area is 318 Å². The zero-order valence-electron chi connectivity index (χ0n) is 33.6. The van der Waals surface area contributed by atoms with E-state index in [0.29, 0.717) is 25.7 Å². The summed E-state index contributed by atoms with van der Waals surface area (Å²) in [6, 6.07) is 0. The van der Waals surface area contributed by atoms with Gasteiger partial charge in [0.2, 0.25) is 0 Å². The zero-order valence-corrected chi connectivity index (χ0v) is 33.6. The summed E-state index contributed by atoms with van der Waals surface area (Å²) in [5.74, 6) is 4.62. The molecule has 0 aromatic heterocycles. The van der Waals surface area contributed by atoms with Crippen LogP contribution in [-0.2, 0) is 23.9 Å². The van der Waals surface area contributed by atoms with Crippen LogP contribution in [0.15, 0.2) is 83.1 Å². The quantitative estimate of drug-likeness (QED) is 0.0323. The average Bonchev–Trinajstić information content (AvgIpc) is 3.06. The first-order chi connectivity index (χ1) is 24.9. The number of hydrogen-bond acceptors (Lipinski definition) is 10. The molecule has 1 aliphatic rings. The number of nitrogens with two attached hydrogens (primary N) is 1. The van der Waals surface area contributed by atoms with E-state index in [4.69, 9.17) is 20.2 Å². The molecule has 0 aromatic rings. The van der Waals surface area contributed by atoms with Crippen molar-refractivity contribution in [1.29, 1.82) is 0 Å². The van der Waals surface area contributed by atoms with Crippen molar-refractivity contribution in [3.63, 3.8) is 0 Å². The second kappa shape index (κ2) is 25.8. The Hall–Kier alpha value is -3.12.